The predicted octanol–water partition coefficient (Wildman–Crippen LogP) is 3.73. The average Bonchev–Trinajstić information content (AvgIpc) is 3.43. The van der Waals surface area contributed by atoms with Crippen LogP contribution in [0.5, 0.6) is 17.2 Å². The number of ether oxygens (including phenoxy) is 4. The standard InChI is InChI=1S/C21H18N2O6S/c1-12(19(24)22-14-5-8-17-18(9-14)28-11-27-17)29-21(25)16-10-30-20(23-16)13-3-6-15(26-2)7-4-13/h3-10,12H,11H2,1-2H3,(H,22,24). The lowest BCUT2D eigenvalue weighted by molar-refractivity contribution is -0.123. The number of hydrogen-bond acceptors (Lipinski definition) is 8. The molecular formula is C21H18N2O6S. The van der Waals surface area contributed by atoms with Crippen molar-refractivity contribution in [2.24, 2.45) is 0 Å². The first-order valence-corrected chi connectivity index (χ1v) is 9.93. The number of fused-ring (bicyclic) bond motifs is 1. The maximum Gasteiger partial charge on any atom is 0.358 e. The summed E-state index contributed by atoms with van der Waals surface area (Å²) in [6, 6.07) is 12.4. The molecule has 8 nitrogen and oxygen atoms in total. The molecule has 154 valence electrons. The van der Waals surface area contributed by atoms with Gasteiger partial charge in [-0.3, -0.25) is 4.79 Å². The summed E-state index contributed by atoms with van der Waals surface area (Å²) >= 11 is 1.31. The largest absolute Gasteiger partial charge is 0.497 e. The van der Waals surface area contributed by atoms with Gasteiger partial charge >= 0.3 is 5.97 Å². The Morgan fingerprint density at radius 3 is 2.67 bits per heavy atom. The summed E-state index contributed by atoms with van der Waals surface area (Å²) in [7, 11) is 1.59. The first-order valence-electron chi connectivity index (χ1n) is 9.05. The number of aromatic nitrogens is 1. The Morgan fingerprint density at radius 1 is 1.13 bits per heavy atom. The predicted molar refractivity (Wildman–Crippen MR) is 110 cm³/mol. The molecule has 0 saturated heterocycles. The van der Waals surface area contributed by atoms with Gasteiger partial charge in [-0.25, -0.2) is 9.78 Å². The maximum absolute atomic E-state index is 12.4. The van der Waals surface area contributed by atoms with E-state index in [4.69, 9.17) is 18.9 Å². The van der Waals surface area contributed by atoms with Crippen molar-refractivity contribution in [3.05, 3.63) is 53.5 Å². The van der Waals surface area contributed by atoms with Crippen LogP contribution in [0.3, 0.4) is 0 Å². The quantitative estimate of drug-likeness (QED) is 0.600. The first kappa shape index (κ1) is 19.7. The fourth-order valence-corrected chi connectivity index (χ4v) is 3.52. The average molecular weight is 426 g/mol. The topological polar surface area (TPSA) is 96.0 Å². The van der Waals surface area contributed by atoms with E-state index in [1.165, 1.54) is 18.3 Å². The Balaban J connectivity index is 1.37. The number of amides is 1. The van der Waals surface area contributed by atoms with Gasteiger partial charge in [0.05, 0.1) is 7.11 Å². The summed E-state index contributed by atoms with van der Waals surface area (Å²) in [6.07, 6.45) is -1.01. The van der Waals surface area contributed by atoms with E-state index in [9.17, 15) is 9.59 Å². The third kappa shape index (κ3) is 4.20. The van der Waals surface area contributed by atoms with Gasteiger partial charge in [-0.05, 0) is 43.3 Å². The molecule has 1 unspecified atom stereocenters. The van der Waals surface area contributed by atoms with E-state index in [-0.39, 0.29) is 12.5 Å². The number of rotatable bonds is 6. The van der Waals surface area contributed by atoms with Gasteiger partial charge in [0.15, 0.2) is 23.3 Å². The van der Waals surface area contributed by atoms with Gasteiger partial charge in [-0.1, -0.05) is 0 Å². The zero-order valence-electron chi connectivity index (χ0n) is 16.2. The molecule has 1 amide bonds. The molecule has 2 heterocycles. The van der Waals surface area contributed by atoms with Gasteiger partial charge in [-0.2, -0.15) is 0 Å². The van der Waals surface area contributed by atoms with E-state index in [1.807, 2.05) is 24.3 Å². The number of benzene rings is 2. The summed E-state index contributed by atoms with van der Waals surface area (Å²) < 4.78 is 20.9. The number of nitrogens with zero attached hydrogens (tertiary/aromatic N) is 1. The van der Waals surface area contributed by atoms with Crippen molar-refractivity contribution < 1.29 is 28.5 Å². The van der Waals surface area contributed by atoms with Gasteiger partial charge in [0, 0.05) is 22.7 Å². The molecule has 0 spiro atoms. The second-order valence-corrected chi connectivity index (χ2v) is 7.23. The Morgan fingerprint density at radius 2 is 1.90 bits per heavy atom. The molecule has 4 rings (SSSR count). The summed E-state index contributed by atoms with van der Waals surface area (Å²) in [5.74, 6) is 0.763. The van der Waals surface area contributed by atoms with Crippen molar-refractivity contribution in [2.75, 3.05) is 19.2 Å². The number of carbonyl (C=O) groups excluding carboxylic acids is 2. The van der Waals surface area contributed by atoms with Gasteiger partial charge in [0.1, 0.15) is 10.8 Å². The molecule has 1 N–H and O–H groups in total. The molecule has 2 aromatic carbocycles. The van der Waals surface area contributed by atoms with E-state index in [2.05, 4.69) is 10.3 Å². The SMILES string of the molecule is COc1ccc(-c2nc(C(=O)OC(C)C(=O)Nc3ccc4c(c3)OCO4)cs2)cc1. The van der Waals surface area contributed by atoms with Crippen LogP contribution in [0.1, 0.15) is 17.4 Å². The number of methoxy groups -OCH3 is 1. The van der Waals surface area contributed by atoms with Crippen LogP contribution < -0.4 is 19.5 Å². The number of carbonyl (C=O) groups is 2. The molecule has 1 aliphatic heterocycles. The van der Waals surface area contributed by atoms with E-state index < -0.39 is 18.0 Å². The minimum Gasteiger partial charge on any atom is -0.497 e. The van der Waals surface area contributed by atoms with Crippen molar-refractivity contribution in [1.29, 1.82) is 0 Å². The molecule has 0 saturated carbocycles. The minimum absolute atomic E-state index is 0.146. The van der Waals surface area contributed by atoms with E-state index in [0.29, 0.717) is 22.2 Å². The lowest BCUT2D eigenvalue weighted by Crippen LogP contribution is -2.30. The van der Waals surface area contributed by atoms with Gasteiger partial charge in [0.25, 0.3) is 5.91 Å². The number of thiazole rings is 1. The summed E-state index contributed by atoms with van der Waals surface area (Å²) in [5.41, 5.74) is 1.52. The van der Waals surface area contributed by atoms with E-state index >= 15 is 0 Å². The Bertz CT molecular complexity index is 1080. The van der Waals surface area contributed by atoms with Crippen LogP contribution in [0.25, 0.3) is 10.6 Å². The lowest BCUT2D eigenvalue weighted by atomic mass is 10.2. The molecule has 1 aromatic heterocycles. The van der Waals surface area contributed by atoms with Gasteiger partial charge < -0.3 is 24.3 Å². The van der Waals surface area contributed by atoms with Gasteiger partial charge in [0.2, 0.25) is 6.79 Å². The number of esters is 1. The normalized spacial score (nSPS) is 12.9. The number of anilines is 1. The highest BCUT2D eigenvalue weighted by molar-refractivity contribution is 7.13. The van der Waals surface area contributed by atoms with Crippen LogP contribution in [-0.4, -0.2) is 36.9 Å². The third-order valence-corrected chi connectivity index (χ3v) is 5.23. The number of nitrogens with one attached hydrogen (secondary N) is 1. The smallest absolute Gasteiger partial charge is 0.358 e. The van der Waals surface area contributed by atoms with Gasteiger partial charge in [-0.15, -0.1) is 11.3 Å². The third-order valence-electron chi connectivity index (χ3n) is 4.34. The molecule has 0 aliphatic carbocycles. The lowest BCUT2D eigenvalue weighted by Gasteiger charge is -2.13. The Labute approximate surface area is 176 Å². The van der Waals surface area contributed by atoms with Crippen molar-refractivity contribution in [1.82, 2.24) is 4.98 Å². The molecule has 0 radical (unpaired) electrons. The monoisotopic (exact) mass is 426 g/mol. The summed E-state index contributed by atoms with van der Waals surface area (Å²) in [6.45, 7) is 1.64. The molecule has 0 bridgehead atoms. The number of hydrogen-bond donors (Lipinski definition) is 1. The second kappa shape index (κ2) is 8.42. The van der Waals surface area contributed by atoms with Crippen molar-refractivity contribution in [3.63, 3.8) is 0 Å². The second-order valence-electron chi connectivity index (χ2n) is 6.37. The zero-order valence-corrected chi connectivity index (χ0v) is 17.0. The van der Waals surface area contributed by atoms with Crippen LogP contribution in [0, 0.1) is 0 Å². The van der Waals surface area contributed by atoms with Crippen molar-refractivity contribution >= 4 is 28.9 Å². The highest BCUT2D eigenvalue weighted by Gasteiger charge is 2.22. The van der Waals surface area contributed by atoms with Crippen molar-refractivity contribution in [2.45, 2.75) is 13.0 Å². The van der Waals surface area contributed by atoms with E-state index in [0.717, 1.165) is 11.3 Å². The minimum atomic E-state index is -1.01. The van der Waals surface area contributed by atoms with Crippen LogP contribution in [0.4, 0.5) is 5.69 Å². The molecule has 1 atom stereocenters. The molecule has 1 aliphatic rings. The Kier molecular flexibility index (Phi) is 5.53. The molecule has 30 heavy (non-hydrogen) atoms. The Hall–Kier alpha value is -3.59. The molecule has 0 fully saturated rings. The highest BCUT2D eigenvalue weighted by atomic mass is 32.1. The van der Waals surface area contributed by atoms with Crippen molar-refractivity contribution in [3.8, 4) is 27.8 Å². The van der Waals surface area contributed by atoms with E-state index in [1.54, 1.807) is 30.7 Å². The summed E-state index contributed by atoms with van der Waals surface area (Å²) in [4.78, 5) is 29.1. The van der Waals surface area contributed by atoms with Crippen LogP contribution in [0.15, 0.2) is 47.8 Å². The molecule has 9 heteroatoms. The first-order chi connectivity index (χ1) is 14.5. The summed E-state index contributed by atoms with van der Waals surface area (Å²) in [5, 5.41) is 4.96. The molecule has 3 aromatic rings. The maximum atomic E-state index is 12.4. The van der Waals surface area contributed by atoms with Crippen LogP contribution in [0.2, 0.25) is 0 Å². The fraction of sp³-hybridized carbons (Fsp3) is 0.190. The highest BCUT2D eigenvalue weighted by Crippen LogP contribution is 2.34. The fourth-order valence-electron chi connectivity index (χ4n) is 2.73. The zero-order chi connectivity index (χ0) is 21.1. The van der Waals surface area contributed by atoms with Crippen LogP contribution in [-0.2, 0) is 9.53 Å². The molecular weight excluding hydrogens is 408 g/mol. The van der Waals surface area contributed by atoms with Crippen LogP contribution >= 0.6 is 11.3 Å².